The fourth-order valence-corrected chi connectivity index (χ4v) is 7.88. The minimum Gasteiger partial charge on any atom is -0.479 e. The van der Waals surface area contributed by atoms with Crippen LogP contribution in [0.3, 0.4) is 0 Å². The molecule has 4 aliphatic rings. The molecule has 0 amide bonds. The summed E-state index contributed by atoms with van der Waals surface area (Å²) < 4.78 is 5.17. The highest BCUT2D eigenvalue weighted by atomic mass is 16.6. The Morgan fingerprint density at radius 3 is 2.70 bits per heavy atom. The number of fused-ring (bicyclic) bond motifs is 5. The lowest BCUT2D eigenvalue weighted by Gasteiger charge is -2.61. The number of carboxylic acid groups (broad SMARTS) is 1. The van der Waals surface area contributed by atoms with Gasteiger partial charge in [0.25, 0.3) is 0 Å². The van der Waals surface area contributed by atoms with Crippen LogP contribution >= 0.6 is 0 Å². The number of rotatable bonds is 4. The first-order chi connectivity index (χ1) is 15.7. The highest BCUT2D eigenvalue weighted by Crippen LogP contribution is 2.69. The second kappa shape index (κ2) is 7.83. The van der Waals surface area contributed by atoms with Crippen LogP contribution in [-0.4, -0.2) is 34.1 Å². The summed E-state index contributed by atoms with van der Waals surface area (Å²) in [7, 11) is 0. The van der Waals surface area contributed by atoms with E-state index in [0.717, 1.165) is 62.6 Å². The van der Waals surface area contributed by atoms with Gasteiger partial charge in [-0.05, 0) is 92.2 Å². The Hall–Kier alpha value is -2.41. The van der Waals surface area contributed by atoms with Crippen LogP contribution in [0.1, 0.15) is 76.7 Å². The number of allylic oxidation sites excluding steroid dienone is 2. The molecule has 2 unspecified atom stereocenters. The summed E-state index contributed by atoms with van der Waals surface area (Å²) in [6, 6.07) is 3.36. The number of aliphatic hydroxyl groups is 1. The second-order valence-electron chi connectivity index (χ2n) is 10.9. The summed E-state index contributed by atoms with van der Waals surface area (Å²) in [6.07, 6.45) is 10.9. The summed E-state index contributed by atoms with van der Waals surface area (Å²) >= 11 is 0. The Morgan fingerprint density at radius 2 is 1.97 bits per heavy atom. The molecule has 2 N–H and O–H groups in total. The average Bonchev–Trinajstić information content (AvgIpc) is 3.05. The fraction of sp³-hybridized carbons (Fsp3) is 0.654. The van der Waals surface area contributed by atoms with Crippen LogP contribution in [0.25, 0.3) is 0 Å². The van der Waals surface area contributed by atoms with Crippen molar-refractivity contribution in [3.05, 3.63) is 46.0 Å². The minimum absolute atomic E-state index is 0.0173. The van der Waals surface area contributed by atoms with Gasteiger partial charge in [0.1, 0.15) is 0 Å². The van der Waals surface area contributed by atoms with Crippen molar-refractivity contribution in [2.45, 2.75) is 76.7 Å². The van der Waals surface area contributed by atoms with E-state index in [1.165, 1.54) is 11.6 Å². The third kappa shape index (κ3) is 3.38. The number of oxime groups is 1. The van der Waals surface area contributed by atoms with E-state index in [2.05, 4.69) is 25.1 Å². The van der Waals surface area contributed by atoms with Crippen LogP contribution in [0.15, 0.2) is 44.4 Å². The van der Waals surface area contributed by atoms with E-state index in [9.17, 15) is 14.7 Å². The lowest BCUT2D eigenvalue weighted by Crippen LogP contribution is -2.60. The van der Waals surface area contributed by atoms with Gasteiger partial charge in [0, 0.05) is 11.5 Å². The van der Waals surface area contributed by atoms with E-state index < -0.39 is 18.2 Å². The predicted octanol–water partition coefficient (Wildman–Crippen LogP) is 4.26. The van der Waals surface area contributed by atoms with E-state index >= 15 is 0 Å². The average molecular weight is 456 g/mol. The molecule has 4 aliphatic carbocycles. The molecule has 0 bridgehead atoms. The van der Waals surface area contributed by atoms with E-state index in [-0.39, 0.29) is 28.3 Å². The topological polar surface area (TPSA) is 109 Å². The molecule has 1 aromatic rings. The SMILES string of the molecule is C[C@]12CCC(=NOCC(=O)O)C=C1CCC1C2CC[C@]2(C)[C@@H](c3ccc(=O)oc3)CC[C@]12O. The number of carbonyl (C=O) groups is 1. The normalized spacial score (nSPS) is 41.0. The Kier molecular flexibility index (Phi) is 5.31. The Balaban J connectivity index is 1.41. The van der Waals surface area contributed by atoms with Crippen molar-refractivity contribution in [2.75, 3.05) is 6.61 Å². The van der Waals surface area contributed by atoms with Crippen LogP contribution in [0.2, 0.25) is 0 Å². The lowest BCUT2D eigenvalue weighted by molar-refractivity contribution is -0.176. The van der Waals surface area contributed by atoms with Crippen molar-refractivity contribution in [3.63, 3.8) is 0 Å². The smallest absolute Gasteiger partial charge is 0.344 e. The molecule has 7 nitrogen and oxygen atoms in total. The standard InChI is InChI=1S/C26H33NO6/c1-24-10-7-18(27-33-15-22(28)29)13-17(24)4-5-21-20(24)8-11-25(2)19(9-12-26(21,25)31)16-3-6-23(30)32-14-16/h3,6,13-14,19-21,31H,4-5,7-12,15H2,1-2H3,(H,28,29)/t19-,20?,21?,24+,25-,26+/m1/s1. The van der Waals surface area contributed by atoms with Gasteiger partial charge < -0.3 is 19.5 Å². The number of aliphatic carboxylic acids is 1. The maximum atomic E-state index is 12.3. The van der Waals surface area contributed by atoms with Gasteiger partial charge in [-0.25, -0.2) is 9.59 Å². The van der Waals surface area contributed by atoms with E-state index in [1.54, 1.807) is 6.26 Å². The maximum Gasteiger partial charge on any atom is 0.344 e. The first-order valence-electron chi connectivity index (χ1n) is 12.1. The van der Waals surface area contributed by atoms with Crippen LogP contribution in [0.4, 0.5) is 0 Å². The summed E-state index contributed by atoms with van der Waals surface area (Å²) in [5.74, 6) is -0.196. The molecule has 0 aromatic carbocycles. The molecule has 3 saturated carbocycles. The van der Waals surface area contributed by atoms with E-state index in [0.29, 0.717) is 5.92 Å². The zero-order valence-electron chi connectivity index (χ0n) is 19.4. The highest BCUT2D eigenvalue weighted by molar-refractivity contribution is 5.96. The van der Waals surface area contributed by atoms with Crippen molar-refractivity contribution in [1.82, 2.24) is 0 Å². The molecule has 33 heavy (non-hydrogen) atoms. The summed E-state index contributed by atoms with van der Waals surface area (Å²) in [5, 5.41) is 25.1. The van der Waals surface area contributed by atoms with E-state index in [4.69, 9.17) is 14.4 Å². The van der Waals surface area contributed by atoms with Crippen molar-refractivity contribution in [2.24, 2.45) is 27.8 Å². The van der Waals surface area contributed by atoms with Crippen molar-refractivity contribution < 1.29 is 24.3 Å². The Bertz CT molecular complexity index is 1050. The number of hydrogen-bond acceptors (Lipinski definition) is 6. The molecule has 0 radical (unpaired) electrons. The van der Waals surface area contributed by atoms with Crippen LogP contribution in [0, 0.1) is 22.7 Å². The molecule has 6 atom stereocenters. The largest absolute Gasteiger partial charge is 0.479 e. The summed E-state index contributed by atoms with van der Waals surface area (Å²) in [4.78, 5) is 27.1. The maximum absolute atomic E-state index is 12.3. The van der Waals surface area contributed by atoms with Crippen LogP contribution < -0.4 is 5.63 Å². The molecule has 0 saturated heterocycles. The predicted molar refractivity (Wildman–Crippen MR) is 122 cm³/mol. The summed E-state index contributed by atoms with van der Waals surface area (Å²) in [5.41, 5.74) is 1.90. The molecular formula is C26H33NO6. The van der Waals surface area contributed by atoms with Crippen molar-refractivity contribution in [1.29, 1.82) is 0 Å². The van der Waals surface area contributed by atoms with Gasteiger partial charge in [0.15, 0.2) is 0 Å². The van der Waals surface area contributed by atoms with E-state index in [1.807, 2.05) is 6.07 Å². The third-order valence-corrected chi connectivity index (χ3v) is 9.66. The van der Waals surface area contributed by atoms with Crippen LogP contribution in [-0.2, 0) is 9.63 Å². The quantitative estimate of drug-likeness (QED) is 0.657. The molecule has 178 valence electrons. The zero-order valence-corrected chi connectivity index (χ0v) is 19.4. The van der Waals surface area contributed by atoms with Gasteiger partial charge in [-0.3, -0.25) is 0 Å². The highest BCUT2D eigenvalue weighted by Gasteiger charge is 2.66. The van der Waals surface area contributed by atoms with Gasteiger partial charge in [-0.1, -0.05) is 24.6 Å². The molecule has 7 heteroatoms. The molecule has 0 aliphatic heterocycles. The fourth-order valence-electron chi connectivity index (χ4n) is 7.88. The molecule has 3 fully saturated rings. The number of nitrogens with zero attached hydrogens (tertiary/aromatic N) is 1. The van der Waals surface area contributed by atoms with Gasteiger partial charge in [0.2, 0.25) is 6.61 Å². The molecule has 1 heterocycles. The molecular weight excluding hydrogens is 422 g/mol. The molecule has 1 aromatic heterocycles. The zero-order chi connectivity index (χ0) is 23.4. The summed E-state index contributed by atoms with van der Waals surface area (Å²) in [6.45, 7) is 4.16. The number of hydrogen-bond donors (Lipinski definition) is 2. The van der Waals surface area contributed by atoms with Gasteiger partial charge in [-0.15, -0.1) is 0 Å². The first kappa shape index (κ1) is 22.4. The minimum atomic E-state index is -1.03. The Labute approximate surface area is 193 Å². The monoisotopic (exact) mass is 455 g/mol. The van der Waals surface area contributed by atoms with Crippen molar-refractivity contribution in [3.8, 4) is 0 Å². The molecule has 0 spiro atoms. The third-order valence-electron chi connectivity index (χ3n) is 9.66. The van der Waals surface area contributed by atoms with Crippen LogP contribution in [0.5, 0.6) is 0 Å². The number of carboxylic acids is 1. The second-order valence-corrected chi connectivity index (χ2v) is 10.9. The first-order valence-corrected chi connectivity index (χ1v) is 12.1. The van der Waals surface area contributed by atoms with Crippen molar-refractivity contribution >= 4 is 11.7 Å². The van der Waals surface area contributed by atoms with Gasteiger partial charge in [0.05, 0.1) is 17.6 Å². The van der Waals surface area contributed by atoms with Gasteiger partial charge in [-0.2, -0.15) is 0 Å². The lowest BCUT2D eigenvalue weighted by atomic mass is 9.45. The Morgan fingerprint density at radius 1 is 1.15 bits per heavy atom. The van der Waals surface area contributed by atoms with Gasteiger partial charge >= 0.3 is 11.6 Å². The molecule has 5 rings (SSSR count).